The minimum atomic E-state index is -0.343. The van der Waals surface area contributed by atoms with Crippen LogP contribution >= 0.6 is 0 Å². The third-order valence-corrected chi connectivity index (χ3v) is 6.87. The highest BCUT2D eigenvalue weighted by molar-refractivity contribution is 5.95. The third-order valence-electron chi connectivity index (χ3n) is 6.87. The molecule has 1 aliphatic heterocycles. The number of rotatable bonds is 6. The molecule has 4 aromatic carbocycles. The number of hydrogen-bond acceptors (Lipinski definition) is 4. The largest absolute Gasteiger partial charge is 0.508 e. The number of esters is 1. The summed E-state index contributed by atoms with van der Waals surface area (Å²) in [5.41, 5.74) is 4.49. The molecule has 0 aliphatic carbocycles. The molecule has 1 atom stereocenters. The quantitative estimate of drug-likeness (QED) is 0.320. The Hall–Kier alpha value is -3.83. The Balaban J connectivity index is 1.79. The smallest absolute Gasteiger partial charge is 0.338 e. The van der Waals surface area contributed by atoms with Gasteiger partial charge in [-0.15, -0.1) is 0 Å². The Labute approximate surface area is 205 Å². The second-order valence-corrected chi connectivity index (χ2v) is 8.79. The lowest BCUT2D eigenvalue weighted by Gasteiger charge is -2.31. The van der Waals surface area contributed by atoms with Crippen molar-refractivity contribution in [1.29, 1.82) is 0 Å². The Bertz CT molecular complexity index is 1410. The molecule has 5 rings (SSSR count). The third kappa shape index (κ3) is 4.02. The summed E-state index contributed by atoms with van der Waals surface area (Å²) in [6.07, 6.45) is 0. The number of carbonyl (C=O) groups excluding carboxylic acids is 1. The van der Waals surface area contributed by atoms with E-state index >= 15 is 0 Å². The van der Waals surface area contributed by atoms with Gasteiger partial charge in [0.15, 0.2) is 0 Å². The monoisotopic (exact) mass is 468 g/mol. The van der Waals surface area contributed by atoms with Crippen LogP contribution in [0, 0.1) is 0 Å². The van der Waals surface area contributed by atoms with Gasteiger partial charge in [-0.1, -0.05) is 30.3 Å². The number of hydrogen-bond donors (Lipinski definition) is 2. The van der Waals surface area contributed by atoms with Crippen molar-refractivity contribution in [3.8, 4) is 17.2 Å². The van der Waals surface area contributed by atoms with Gasteiger partial charge in [0.2, 0.25) is 0 Å². The van der Waals surface area contributed by atoms with Gasteiger partial charge in [0.25, 0.3) is 0 Å². The fourth-order valence-corrected chi connectivity index (χ4v) is 5.18. The summed E-state index contributed by atoms with van der Waals surface area (Å²) in [5.74, 6) is 1.10. The fourth-order valence-electron chi connectivity index (χ4n) is 5.18. The van der Waals surface area contributed by atoms with Gasteiger partial charge in [-0.2, -0.15) is 0 Å². The highest BCUT2D eigenvalue weighted by Gasteiger charge is 2.34. The van der Waals surface area contributed by atoms with Crippen LogP contribution in [0.5, 0.6) is 17.2 Å². The van der Waals surface area contributed by atoms with Crippen LogP contribution < -0.4 is 9.64 Å². The van der Waals surface area contributed by atoms with Gasteiger partial charge in [-0.3, -0.25) is 0 Å². The average Bonchev–Trinajstić information content (AvgIpc) is 2.88. The summed E-state index contributed by atoms with van der Waals surface area (Å²) in [6.45, 7) is 8.42. The maximum atomic E-state index is 13.0. The number of benzene rings is 4. The molecule has 0 spiro atoms. The molecule has 1 heterocycles. The summed E-state index contributed by atoms with van der Waals surface area (Å²) in [5, 5.41) is 12.2. The van der Waals surface area contributed by atoms with Crippen LogP contribution in [0.2, 0.25) is 0 Å². The molecular formula is C30H30NO4+. The number of carbonyl (C=O) groups is 1. The van der Waals surface area contributed by atoms with Crippen LogP contribution in [0.15, 0.2) is 72.8 Å². The second kappa shape index (κ2) is 9.43. The summed E-state index contributed by atoms with van der Waals surface area (Å²) < 4.78 is 11.9. The van der Waals surface area contributed by atoms with Crippen LogP contribution in [-0.2, 0) is 4.74 Å². The van der Waals surface area contributed by atoms with Gasteiger partial charge in [0.05, 0.1) is 25.3 Å². The van der Waals surface area contributed by atoms with E-state index in [-0.39, 0.29) is 17.6 Å². The summed E-state index contributed by atoms with van der Waals surface area (Å²) in [4.78, 5) is 14.3. The molecule has 2 N–H and O–H groups in total. The molecule has 4 aromatic rings. The molecule has 0 bridgehead atoms. The van der Waals surface area contributed by atoms with Crippen molar-refractivity contribution in [1.82, 2.24) is 0 Å². The first kappa shape index (κ1) is 22.9. The number of quaternary nitrogens is 1. The predicted octanol–water partition coefficient (Wildman–Crippen LogP) is 5.56. The lowest BCUT2D eigenvalue weighted by molar-refractivity contribution is -0.828. The van der Waals surface area contributed by atoms with Crippen molar-refractivity contribution < 1.29 is 24.3 Å². The van der Waals surface area contributed by atoms with Crippen LogP contribution in [-0.4, -0.2) is 30.8 Å². The van der Waals surface area contributed by atoms with Gasteiger partial charge in [-0.25, -0.2) is 4.79 Å². The normalized spacial score (nSPS) is 14.3. The van der Waals surface area contributed by atoms with E-state index in [0.29, 0.717) is 12.2 Å². The van der Waals surface area contributed by atoms with Gasteiger partial charge < -0.3 is 19.5 Å². The predicted molar refractivity (Wildman–Crippen MR) is 137 cm³/mol. The van der Waals surface area contributed by atoms with Crippen molar-refractivity contribution in [3.05, 3.63) is 95.1 Å². The molecular weight excluding hydrogens is 438 g/mol. The number of phenolic OH excluding ortho intramolecular Hbond substituents is 1. The van der Waals surface area contributed by atoms with Crippen molar-refractivity contribution in [2.75, 3.05) is 19.7 Å². The number of phenols is 1. The Kier molecular flexibility index (Phi) is 6.18. The maximum absolute atomic E-state index is 13.0. The summed E-state index contributed by atoms with van der Waals surface area (Å²) in [6, 6.07) is 23.4. The molecule has 5 heteroatoms. The lowest BCUT2D eigenvalue weighted by atomic mass is 9.78. The standard InChI is InChI=1S/C30H29NO4/c1-4-31(5-2)20-13-15-24-27(17-20)35-26-16-12-19-11-14-21(32)18-25(19)29(26)28(24)22-9-7-8-10-23(22)30(33)34-6-3/h7-18,28,32H,4-6H2,1-3H3/p+1. The number of ether oxygens (including phenoxy) is 2. The van der Waals surface area contributed by atoms with Crippen molar-refractivity contribution >= 4 is 22.4 Å². The SMILES string of the molecule is CCOC(=O)c1ccccc1C1c2ccc([NH+](CC)CC)cc2Oc2ccc3ccc(O)cc3c21. The van der Waals surface area contributed by atoms with Crippen molar-refractivity contribution in [2.24, 2.45) is 0 Å². The van der Waals surface area contributed by atoms with Gasteiger partial charge >= 0.3 is 5.97 Å². The zero-order valence-corrected chi connectivity index (χ0v) is 20.3. The molecule has 1 unspecified atom stereocenters. The van der Waals surface area contributed by atoms with Gasteiger partial charge in [-0.05, 0) is 73.5 Å². The molecule has 0 saturated heterocycles. The van der Waals surface area contributed by atoms with Crippen molar-refractivity contribution in [3.63, 3.8) is 0 Å². The molecule has 0 fully saturated rings. The number of fused-ring (bicyclic) bond motifs is 4. The number of nitrogens with one attached hydrogen (secondary N) is 1. The highest BCUT2D eigenvalue weighted by atomic mass is 16.5. The zero-order chi connectivity index (χ0) is 24.5. The lowest BCUT2D eigenvalue weighted by Crippen LogP contribution is -3.06. The van der Waals surface area contributed by atoms with E-state index in [1.807, 2.05) is 49.4 Å². The molecule has 0 radical (unpaired) electrons. The second-order valence-electron chi connectivity index (χ2n) is 8.79. The summed E-state index contributed by atoms with van der Waals surface area (Å²) >= 11 is 0. The first-order valence-corrected chi connectivity index (χ1v) is 12.2. The van der Waals surface area contributed by atoms with Gasteiger partial charge in [0, 0.05) is 23.1 Å². The van der Waals surface area contributed by atoms with Crippen molar-refractivity contribution in [2.45, 2.75) is 26.7 Å². The van der Waals surface area contributed by atoms with E-state index in [4.69, 9.17) is 9.47 Å². The first-order chi connectivity index (χ1) is 17.0. The van der Waals surface area contributed by atoms with E-state index in [1.165, 1.54) is 10.6 Å². The van der Waals surface area contributed by atoms with Crippen LogP contribution in [0.1, 0.15) is 53.7 Å². The molecule has 0 saturated carbocycles. The Morgan fingerprint density at radius 2 is 1.69 bits per heavy atom. The molecule has 0 aromatic heterocycles. The van der Waals surface area contributed by atoms with Gasteiger partial charge in [0.1, 0.15) is 22.9 Å². The summed E-state index contributed by atoms with van der Waals surface area (Å²) in [7, 11) is 0. The number of aromatic hydroxyl groups is 1. The molecule has 178 valence electrons. The Morgan fingerprint density at radius 1 is 0.914 bits per heavy atom. The topological polar surface area (TPSA) is 60.2 Å². The highest BCUT2D eigenvalue weighted by Crippen LogP contribution is 2.51. The van der Waals surface area contributed by atoms with E-state index in [9.17, 15) is 9.90 Å². The average molecular weight is 469 g/mol. The minimum absolute atomic E-state index is 0.189. The van der Waals surface area contributed by atoms with E-state index in [0.717, 1.165) is 52.1 Å². The molecule has 0 amide bonds. The fraction of sp³-hybridized carbons (Fsp3) is 0.233. The van der Waals surface area contributed by atoms with E-state index in [1.54, 1.807) is 12.1 Å². The zero-order valence-electron chi connectivity index (χ0n) is 20.3. The minimum Gasteiger partial charge on any atom is -0.508 e. The van der Waals surface area contributed by atoms with Crippen LogP contribution in [0.3, 0.4) is 0 Å². The maximum Gasteiger partial charge on any atom is 0.338 e. The van der Waals surface area contributed by atoms with Crippen LogP contribution in [0.25, 0.3) is 10.8 Å². The molecule has 1 aliphatic rings. The molecule has 5 nitrogen and oxygen atoms in total. The Morgan fingerprint density at radius 3 is 2.46 bits per heavy atom. The van der Waals surface area contributed by atoms with E-state index in [2.05, 4.69) is 32.0 Å². The first-order valence-electron chi connectivity index (χ1n) is 12.2. The van der Waals surface area contributed by atoms with E-state index < -0.39 is 0 Å². The molecule has 35 heavy (non-hydrogen) atoms. The van der Waals surface area contributed by atoms with Crippen LogP contribution in [0.4, 0.5) is 5.69 Å².